The first-order chi connectivity index (χ1) is 12.0. The minimum atomic E-state index is -0.926. The van der Waals surface area contributed by atoms with Crippen LogP contribution >= 0.6 is 0 Å². The molecule has 7 heteroatoms. The molecule has 0 aromatic heterocycles. The Morgan fingerprint density at radius 1 is 1.12 bits per heavy atom. The van der Waals surface area contributed by atoms with Crippen LogP contribution in [-0.2, 0) is 11.3 Å². The Kier molecular flexibility index (Phi) is 5.84. The lowest BCUT2D eigenvalue weighted by atomic mass is 10.0. The van der Waals surface area contributed by atoms with Crippen LogP contribution in [0.3, 0.4) is 0 Å². The first-order valence-corrected chi connectivity index (χ1v) is 7.61. The van der Waals surface area contributed by atoms with Gasteiger partial charge in [0.15, 0.2) is 17.1 Å². The number of carbonyl (C=O) groups excluding carboxylic acids is 2. The molecule has 7 nitrogen and oxygen atoms in total. The van der Waals surface area contributed by atoms with E-state index in [1.54, 1.807) is 6.92 Å². The standard InChI is InChI=1S/C18H17NO6/c1-3-24-18(21)16-14(12(2)20)9-10-15(17(16)19(22)23)25-11-13-7-5-4-6-8-13/h4-10H,3,11H2,1-2H3. The molecule has 0 unspecified atom stereocenters. The summed E-state index contributed by atoms with van der Waals surface area (Å²) >= 11 is 0. The van der Waals surface area contributed by atoms with Crippen LogP contribution in [0.2, 0.25) is 0 Å². The molecule has 0 saturated carbocycles. The van der Waals surface area contributed by atoms with E-state index in [1.165, 1.54) is 19.1 Å². The molecule has 0 bridgehead atoms. The maximum absolute atomic E-state index is 12.2. The number of nitro benzene ring substituents is 1. The molecule has 0 aliphatic rings. The third-order valence-corrected chi connectivity index (χ3v) is 3.42. The molecule has 0 fully saturated rings. The van der Waals surface area contributed by atoms with Crippen molar-refractivity contribution in [2.45, 2.75) is 20.5 Å². The van der Waals surface area contributed by atoms with Gasteiger partial charge >= 0.3 is 11.7 Å². The van der Waals surface area contributed by atoms with Gasteiger partial charge in [-0.1, -0.05) is 30.3 Å². The van der Waals surface area contributed by atoms with Crippen molar-refractivity contribution in [1.82, 2.24) is 0 Å². The highest BCUT2D eigenvalue weighted by molar-refractivity contribution is 6.08. The third kappa shape index (κ3) is 4.20. The Morgan fingerprint density at radius 2 is 1.80 bits per heavy atom. The molecule has 0 atom stereocenters. The van der Waals surface area contributed by atoms with Crippen molar-refractivity contribution in [1.29, 1.82) is 0 Å². The zero-order chi connectivity index (χ0) is 18.4. The van der Waals surface area contributed by atoms with E-state index in [1.807, 2.05) is 30.3 Å². The molecular formula is C18H17NO6. The van der Waals surface area contributed by atoms with Crippen LogP contribution < -0.4 is 4.74 Å². The van der Waals surface area contributed by atoms with Gasteiger partial charge < -0.3 is 9.47 Å². The molecular weight excluding hydrogens is 326 g/mol. The van der Waals surface area contributed by atoms with E-state index in [9.17, 15) is 19.7 Å². The summed E-state index contributed by atoms with van der Waals surface area (Å²) in [6.07, 6.45) is 0. The SMILES string of the molecule is CCOC(=O)c1c(C(C)=O)ccc(OCc2ccccc2)c1[N+](=O)[O-]. The van der Waals surface area contributed by atoms with E-state index in [0.717, 1.165) is 5.56 Å². The zero-order valence-corrected chi connectivity index (χ0v) is 13.9. The zero-order valence-electron chi connectivity index (χ0n) is 13.9. The fourth-order valence-electron chi connectivity index (χ4n) is 2.31. The van der Waals surface area contributed by atoms with E-state index in [4.69, 9.17) is 9.47 Å². The van der Waals surface area contributed by atoms with Gasteiger partial charge in [0, 0.05) is 5.56 Å². The number of ether oxygens (including phenoxy) is 2. The molecule has 0 aliphatic heterocycles. The van der Waals surface area contributed by atoms with Crippen molar-refractivity contribution in [3.63, 3.8) is 0 Å². The highest BCUT2D eigenvalue weighted by Gasteiger charge is 2.31. The minimum Gasteiger partial charge on any atom is -0.482 e. The van der Waals surface area contributed by atoms with Crippen LogP contribution in [0.15, 0.2) is 42.5 Å². The Balaban J connectivity index is 2.49. The average Bonchev–Trinajstić information content (AvgIpc) is 2.59. The maximum atomic E-state index is 12.2. The summed E-state index contributed by atoms with van der Waals surface area (Å²) in [4.78, 5) is 34.8. The summed E-state index contributed by atoms with van der Waals surface area (Å²) in [7, 11) is 0. The predicted molar refractivity (Wildman–Crippen MR) is 89.8 cm³/mol. The number of nitro groups is 1. The van der Waals surface area contributed by atoms with Crippen LogP contribution in [-0.4, -0.2) is 23.3 Å². The Labute approximate surface area is 144 Å². The van der Waals surface area contributed by atoms with E-state index in [0.29, 0.717) is 0 Å². The highest BCUT2D eigenvalue weighted by Crippen LogP contribution is 2.35. The van der Waals surface area contributed by atoms with Crippen LogP contribution in [0, 0.1) is 10.1 Å². The Hall–Kier alpha value is -3.22. The van der Waals surface area contributed by atoms with Gasteiger partial charge in [0.2, 0.25) is 0 Å². The Morgan fingerprint density at radius 3 is 2.36 bits per heavy atom. The van der Waals surface area contributed by atoms with Crippen molar-refractivity contribution in [3.05, 3.63) is 69.3 Å². The van der Waals surface area contributed by atoms with E-state index in [-0.39, 0.29) is 30.1 Å². The van der Waals surface area contributed by atoms with Gasteiger partial charge in [0.25, 0.3) is 0 Å². The lowest BCUT2D eigenvalue weighted by Gasteiger charge is -2.12. The van der Waals surface area contributed by atoms with Crippen LogP contribution in [0.1, 0.15) is 40.1 Å². The van der Waals surface area contributed by atoms with E-state index in [2.05, 4.69) is 0 Å². The number of hydrogen-bond acceptors (Lipinski definition) is 6. The van der Waals surface area contributed by atoms with Gasteiger partial charge in [-0.05, 0) is 31.5 Å². The van der Waals surface area contributed by atoms with Gasteiger partial charge in [0.1, 0.15) is 6.61 Å². The van der Waals surface area contributed by atoms with Crippen molar-refractivity contribution >= 4 is 17.4 Å². The molecule has 0 aliphatic carbocycles. The number of Topliss-reactive ketones (excluding diaryl/α,β-unsaturated/α-hetero) is 1. The maximum Gasteiger partial charge on any atom is 0.346 e. The van der Waals surface area contributed by atoms with Crippen molar-refractivity contribution in [2.75, 3.05) is 6.61 Å². The van der Waals surface area contributed by atoms with Gasteiger partial charge in [0.05, 0.1) is 11.5 Å². The van der Waals surface area contributed by atoms with Crippen molar-refractivity contribution in [3.8, 4) is 5.75 Å². The summed E-state index contributed by atoms with van der Waals surface area (Å²) in [6.45, 7) is 2.92. The molecule has 0 saturated heterocycles. The molecule has 0 heterocycles. The van der Waals surface area contributed by atoms with E-state index >= 15 is 0 Å². The summed E-state index contributed by atoms with van der Waals surface area (Å²) < 4.78 is 10.4. The van der Waals surface area contributed by atoms with Crippen molar-refractivity contribution in [2.24, 2.45) is 0 Å². The second kappa shape index (κ2) is 8.05. The third-order valence-electron chi connectivity index (χ3n) is 3.42. The van der Waals surface area contributed by atoms with Crippen molar-refractivity contribution < 1.29 is 24.0 Å². The first-order valence-electron chi connectivity index (χ1n) is 7.61. The molecule has 130 valence electrons. The number of carbonyl (C=O) groups is 2. The number of nitrogens with zero attached hydrogens (tertiary/aromatic N) is 1. The summed E-state index contributed by atoms with van der Waals surface area (Å²) in [6, 6.07) is 11.7. The molecule has 0 amide bonds. The van der Waals surface area contributed by atoms with E-state index < -0.39 is 22.4 Å². The second-order valence-corrected chi connectivity index (χ2v) is 5.14. The molecule has 25 heavy (non-hydrogen) atoms. The number of ketones is 1. The highest BCUT2D eigenvalue weighted by atomic mass is 16.6. The topological polar surface area (TPSA) is 95.7 Å². The van der Waals surface area contributed by atoms with Crippen LogP contribution in [0.4, 0.5) is 5.69 Å². The first kappa shape index (κ1) is 18.1. The average molecular weight is 343 g/mol. The number of rotatable bonds is 7. The smallest absolute Gasteiger partial charge is 0.346 e. The van der Waals surface area contributed by atoms with Gasteiger partial charge in [-0.2, -0.15) is 0 Å². The number of esters is 1. The summed E-state index contributed by atoms with van der Waals surface area (Å²) in [5, 5.41) is 11.5. The predicted octanol–water partition coefficient (Wildman–Crippen LogP) is 3.55. The molecule has 2 rings (SSSR count). The molecule has 0 N–H and O–H groups in total. The van der Waals surface area contributed by atoms with Gasteiger partial charge in [-0.3, -0.25) is 14.9 Å². The Bertz CT molecular complexity index is 801. The molecule has 2 aromatic carbocycles. The monoisotopic (exact) mass is 343 g/mol. The largest absolute Gasteiger partial charge is 0.482 e. The fraction of sp³-hybridized carbons (Fsp3) is 0.222. The van der Waals surface area contributed by atoms with Crippen LogP contribution in [0.25, 0.3) is 0 Å². The quantitative estimate of drug-likeness (QED) is 0.330. The molecule has 0 spiro atoms. The number of hydrogen-bond donors (Lipinski definition) is 0. The lowest BCUT2D eigenvalue weighted by molar-refractivity contribution is -0.386. The normalized spacial score (nSPS) is 10.2. The molecule has 2 aromatic rings. The van der Waals surface area contributed by atoms with Crippen LogP contribution in [0.5, 0.6) is 5.75 Å². The van der Waals surface area contributed by atoms with Gasteiger partial charge in [-0.25, -0.2) is 4.79 Å². The summed E-state index contributed by atoms with van der Waals surface area (Å²) in [5.41, 5.74) is -0.214. The van der Waals surface area contributed by atoms with Gasteiger partial charge in [-0.15, -0.1) is 0 Å². The number of benzene rings is 2. The lowest BCUT2D eigenvalue weighted by Crippen LogP contribution is -2.14. The molecule has 0 radical (unpaired) electrons. The fourth-order valence-corrected chi connectivity index (χ4v) is 2.31. The second-order valence-electron chi connectivity index (χ2n) is 5.14. The summed E-state index contributed by atoms with van der Waals surface area (Å²) in [5.74, 6) is -1.49. The minimum absolute atomic E-state index is 0.0302.